The molecule has 0 fully saturated rings. The van der Waals surface area contributed by atoms with Gasteiger partial charge in [-0.2, -0.15) is 4.98 Å². The predicted octanol–water partition coefficient (Wildman–Crippen LogP) is 3.34. The molecule has 5 nitrogen and oxygen atoms in total. The van der Waals surface area contributed by atoms with Crippen molar-refractivity contribution >= 4 is 21.6 Å². The van der Waals surface area contributed by atoms with Crippen LogP contribution in [0.1, 0.15) is 0 Å². The van der Waals surface area contributed by atoms with Crippen LogP contribution in [0.15, 0.2) is 50.0 Å². The molecule has 0 aliphatic rings. The third-order valence-electron chi connectivity index (χ3n) is 2.35. The van der Waals surface area contributed by atoms with Gasteiger partial charge in [0.15, 0.2) is 10.4 Å². The Morgan fingerprint density at radius 2 is 2.06 bits per heavy atom. The fraction of sp³-hybridized carbons (Fsp3) is 0. The van der Waals surface area contributed by atoms with E-state index in [2.05, 4.69) is 26.1 Å². The van der Waals surface area contributed by atoms with Gasteiger partial charge in [0.1, 0.15) is 0 Å². The molecule has 0 spiro atoms. The lowest BCUT2D eigenvalue weighted by Crippen LogP contribution is -1.86. The standard InChI is InChI=1S/C12H8BrN3O2/c13-10-5-4-9(17-10)12-15-11(16-18-12)7-2-1-3-8(14)6-7/h1-6H,14H2. The second kappa shape index (κ2) is 4.30. The van der Waals surface area contributed by atoms with Crippen LogP contribution in [0.5, 0.6) is 0 Å². The third-order valence-corrected chi connectivity index (χ3v) is 2.78. The van der Waals surface area contributed by atoms with Gasteiger partial charge < -0.3 is 14.7 Å². The number of hydrogen-bond acceptors (Lipinski definition) is 5. The molecule has 0 saturated heterocycles. The molecule has 0 aliphatic carbocycles. The maximum atomic E-state index is 5.71. The van der Waals surface area contributed by atoms with Crippen LogP contribution in [0.2, 0.25) is 0 Å². The molecule has 3 aromatic rings. The van der Waals surface area contributed by atoms with Crippen molar-refractivity contribution in [1.82, 2.24) is 10.1 Å². The van der Waals surface area contributed by atoms with E-state index in [9.17, 15) is 0 Å². The largest absolute Gasteiger partial charge is 0.444 e. The summed E-state index contributed by atoms with van der Waals surface area (Å²) < 4.78 is 11.1. The average Bonchev–Trinajstić information content (AvgIpc) is 2.97. The van der Waals surface area contributed by atoms with Crippen LogP contribution in [0.4, 0.5) is 5.69 Å². The number of aromatic nitrogens is 2. The average molecular weight is 306 g/mol. The molecule has 0 atom stereocenters. The van der Waals surface area contributed by atoms with Crippen molar-refractivity contribution in [2.24, 2.45) is 0 Å². The van der Waals surface area contributed by atoms with Crippen LogP contribution in [-0.2, 0) is 0 Å². The van der Waals surface area contributed by atoms with Crippen LogP contribution in [0.3, 0.4) is 0 Å². The van der Waals surface area contributed by atoms with E-state index >= 15 is 0 Å². The predicted molar refractivity (Wildman–Crippen MR) is 69.5 cm³/mol. The van der Waals surface area contributed by atoms with Crippen LogP contribution >= 0.6 is 15.9 Å². The fourth-order valence-electron chi connectivity index (χ4n) is 1.55. The molecule has 0 aliphatic heterocycles. The summed E-state index contributed by atoms with van der Waals surface area (Å²) in [6.07, 6.45) is 0. The van der Waals surface area contributed by atoms with Gasteiger partial charge >= 0.3 is 0 Å². The van der Waals surface area contributed by atoms with E-state index < -0.39 is 0 Å². The molecule has 0 amide bonds. The van der Waals surface area contributed by atoms with Gasteiger partial charge in [-0.15, -0.1) is 0 Å². The number of furan rings is 1. The minimum atomic E-state index is 0.332. The summed E-state index contributed by atoms with van der Waals surface area (Å²) in [5.74, 6) is 1.33. The van der Waals surface area contributed by atoms with Gasteiger partial charge in [0, 0.05) is 11.3 Å². The van der Waals surface area contributed by atoms with Crippen molar-refractivity contribution < 1.29 is 8.94 Å². The topological polar surface area (TPSA) is 78.1 Å². The monoisotopic (exact) mass is 305 g/mol. The number of nitrogens with two attached hydrogens (primary N) is 1. The van der Waals surface area contributed by atoms with Gasteiger partial charge in [0.25, 0.3) is 5.89 Å². The lowest BCUT2D eigenvalue weighted by atomic mass is 10.2. The summed E-state index contributed by atoms with van der Waals surface area (Å²) in [7, 11) is 0. The van der Waals surface area contributed by atoms with Gasteiger partial charge in [-0.1, -0.05) is 17.3 Å². The minimum absolute atomic E-state index is 0.332. The highest BCUT2D eigenvalue weighted by molar-refractivity contribution is 9.10. The molecule has 0 bridgehead atoms. The molecule has 1 aromatic carbocycles. The summed E-state index contributed by atoms with van der Waals surface area (Å²) in [5.41, 5.74) is 7.16. The number of nitrogen functional groups attached to an aromatic ring is 1. The van der Waals surface area contributed by atoms with Crippen molar-refractivity contribution in [2.45, 2.75) is 0 Å². The smallest absolute Gasteiger partial charge is 0.293 e. The van der Waals surface area contributed by atoms with Crippen LogP contribution in [0.25, 0.3) is 23.0 Å². The Morgan fingerprint density at radius 3 is 2.78 bits per heavy atom. The zero-order chi connectivity index (χ0) is 12.5. The minimum Gasteiger partial charge on any atom is -0.444 e. The molecule has 2 N–H and O–H groups in total. The summed E-state index contributed by atoms with van der Waals surface area (Å²) in [6.45, 7) is 0. The van der Waals surface area contributed by atoms with E-state index in [4.69, 9.17) is 14.7 Å². The van der Waals surface area contributed by atoms with E-state index in [1.807, 2.05) is 12.1 Å². The van der Waals surface area contributed by atoms with Gasteiger partial charge in [0.2, 0.25) is 5.82 Å². The van der Waals surface area contributed by atoms with E-state index in [1.54, 1.807) is 24.3 Å². The summed E-state index contributed by atoms with van der Waals surface area (Å²) >= 11 is 3.22. The molecular formula is C12H8BrN3O2. The van der Waals surface area contributed by atoms with Crippen LogP contribution in [0, 0.1) is 0 Å². The Bertz CT molecular complexity index is 690. The summed E-state index contributed by atoms with van der Waals surface area (Å²) in [6, 6.07) is 10.8. The first kappa shape index (κ1) is 11.0. The molecule has 0 unspecified atom stereocenters. The van der Waals surface area contributed by atoms with Gasteiger partial charge in [-0.25, -0.2) is 0 Å². The Kier molecular flexibility index (Phi) is 2.64. The molecule has 0 radical (unpaired) electrons. The lowest BCUT2D eigenvalue weighted by molar-refractivity contribution is 0.414. The first-order chi connectivity index (χ1) is 8.72. The quantitative estimate of drug-likeness (QED) is 0.735. The molecule has 90 valence electrons. The second-order valence-electron chi connectivity index (χ2n) is 3.65. The molecule has 18 heavy (non-hydrogen) atoms. The van der Waals surface area contributed by atoms with E-state index in [0.29, 0.717) is 27.8 Å². The van der Waals surface area contributed by atoms with Gasteiger partial charge in [-0.3, -0.25) is 0 Å². The van der Waals surface area contributed by atoms with Crippen LogP contribution < -0.4 is 5.73 Å². The van der Waals surface area contributed by atoms with Crippen molar-refractivity contribution in [3.63, 3.8) is 0 Å². The Hall–Kier alpha value is -2.08. The second-order valence-corrected chi connectivity index (χ2v) is 4.43. The first-order valence-corrected chi connectivity index (χ1v) is 5.97. The number of benzene rings is 1. The Balaban J connectivity index is 1.99. The highest BCUT2D eigenvalue weighted by atomic mass is 79.9. The fourth-order valence-corrected chi connectivity index (χ4v) is 1.85. The molecule has 2 heterocycles. The molecular weight excluding hydrogens is 298 g/mol. The van der Waals surface area contributed by atoms with Crippen LogP contribution in [-0.4, -0.2) is 10.1 Å². The number of anilines is 1. The number of halogens is 1. The van der Waals surface area contributed by atoms with E-state index in [1.165, 1.54) is 0 Å². The third kappa shape index (κ3) is 2.02. The summed E-state index contributed by atoms with van der Waals surface area (Å²) in [4.78, 5) is 4.26. The molecule has 2 aromatic heterocycles. The SMILES string of the molecule is Nc1cccc(-c2noc(-c3ccc(Br)o3)n2)c1. The maximum Gasteiger partial charge on any atom is 0.293 e. The molecule has 0 saturated carbocycles. The van der Waals surface area contributed by atoms with E-state index in [-0.39, 0.29) is 0 Å². The van der Waals surface area contributed by atoms with Gasteiger partial charge in [-0.05, 0) is 40.2 Å². The zero-order valence-electron chi connectivity index (χ0n) is 9.13. The van der Waals surface area contributed by atoms with E-state index in [0.717, 1.165) is 5.56 Å². The van der Waals surface area contributed by atoms with Crippen molar-refractivity contribution in [1.29, 1.82) is 0 Å². The maximum absolute atomic E-state index is 5.71. The number of nitrogens with zero attached hydrogens (tertiary/aromatic N) is 2. The van der Waals surface area contributed by atoms with Gasteiger partial charge in [0.05, 0.1) is 0 Å². The normalized spacial score (nSPS) is 10.7. The molecule has 6 heteroatoms. The highest BCUT2D eigenvalue weighted by Gasteiger charge is 2.13. The lowest BCUT2D eigenvalue weighted by Gasteiger charge is -1.95. The summed E-state index contributed by atoms with van der Waals surface area (Å²) in [5, 5.41) is 3.90. The molecule has 3 rings (SSSR count). The van der Waals surface area contributed by atoms with Crippen molar-refractivity contribution in [2.75, 3.05) is 5.73 Å². The first-order valence-electron chi connectivity index (χ1n) is 5.18. The number of hydrogen-bond donors (Lipinski definition) is 1. The number of rotatable bonds is 2. The Morgan fingerprint density at radius 1 is 1.17 bits per heavy atom. The van der Waals surface area contributed by atoms with Crippen molar-refractivity contribution in [3.05, 3.63) is 41.1 Å². The highest BCUT2D eigenvalue weighted by Crippen LogP contribution is 2.26. The van der Waals surface area contributed by atoms with Crippen molar-refractivity contribution in [3.8, 4) is 23.0 Å². The zero-order valence-corrected chi connectivity index (χ0v) is 10.7. The Labute approximate surface area is 111 Å².